The molecule has 10 heterocycles. The third-order valence-corrected chi connectivity index (χ3v) is 25.5. The first-order valence-electron chi connectivity index (χ1n) is 38.7. The zero-order chi connectivity index (χ0) is 78.9. The molecule has 2 N–H and O–H groups in total. The Kier molecular flexibility index (Phi) is 31.4. The van der Waals surface area contributed by atoms with Crippen LogP contribution in [-0.4, -0.2) is 311 Å². The van der Waals surface area contributed by atoms with Crippen molar-refractivity contribution in [2.45, 2.75) is 96.3 Å². The number of nitrogens with one attached hydrogen (secondary N) is 2. The lowest BCUT2D eigenvalue weighted by atomic mass is 10.0. The number of fused-ring (bicyclic) bond motifs is 1. The van der Waals surface area contributed by atoms with Crippen LogP contribution in [0, 0.1) is 51.1 Å². The van der Waals surface area contributed by atoms with E-state index >= 15 is 0 Å². The Labute approximate surface area is 667 Å². The molecular weight excluding hydrogens is 1530 g/mol. The van der Waals surface area contributed by atoms with E-state index in [1.807, 2.05) is 45.0 Å². The lowest BCUT2D eigenvalue weighted by molar-refractivity contribution is -0.385. The van der Waals surface area contributed by atoms with Crippen LogP contribution in [-0.2, 0) is 4.57 Å². The average Bonchev–Trinajstić information content (AvgIpc) is 0.790. The molecule has 0 amide bonds. The second kappa shape index (κ2) is 40.3. The van der Waals surface area contributed by atoms with Crippen LogP contribution in [0.2, 0.25) is 10.3 Å². The molecule has 29 nitrogen and oxygen atoms in total. The summed E-state index contributed by atoms with van der Waals surface area (Å²) in [6, 6.07) is 16.7. The maximum absolute atomic E-state index is 12.8. The highest BCUT2D eigenvalue weighted by molar-refractivity contribution is 9.10. The van der Waals surface area contributed by atoms with Gasteiger partial charge in [0, 0.05) is 234 Å². The van der Waals surface area contributed by atoms with Gasteiger partial charge in [-0.25, -0.2) is 4.98 Å². The number of aromatic nitrogens is 4. The van der Waals surface area contributed by atoms with E-state index in [4.69, 9.17) is 32.7 Å². The Morgan fingerprint density at radius 1 is 0.500 bits per heavy atom. The molecule has 8 aliphatic rings. The number of rotatable bonds is 15. The minimum absolute atomic E-state index is 0.00904. The summed E-state index contributed by atoms with van der Waals surface area (Å²) < 4.78 is 23.9. The van der Waals surface area contributed by atoms with Crippen LogP contribution in [0.5, 0.6) is 11.5 Å². The summed E-state index contributed by atoms with van der Waals surface area (Å²) in [5.41, 5.74) is 7.96. The first kappa shape index (κ1) is 85.7. The van der Waals surface area contributed by atoms with Gasteiger partial charge in [-0.1, -0.05) is 11.6 Å². The molecule has 2 aromatic heterocycles. The van der Waals surface area contributed by atoms with Gasteiger partial charge in [-0.2, -0.15) is 4.98 Å². The summed E-state index contributed by atoms with van der Waals surface area (Å²) in [6.07, 6.45) is 14.3. The molecule has 8 saturated heterocycles. The number of hydrogen-bond acceptors (Lipinski definition) is 26. The van der Waals surface area contributed by atoms with E-state index < -0.39 is 12.1 Å². The Balaban J connectivity index is 0.000000148. The van der Waals surface area contributed by atoms with Crippen molar-refractivity contribution < 1.29 is 28.8 Å². The number of halogens is 3. The van der Waals surface area contributed by atoms with Crippen molar-refractivity contribution in [3.8, 4) is 11.5 Å². The van der Waals surface area contributed by atoms with E-state index in [1.54, 1.807) is 56.2 Å². The molecule has 602 valence electrons. The number of nitro benzene ring substituents is 3. The number of nitro groups is 3. The Hall–Kier alpha value is -6.77. The van der Waals surface area contributed by atoms with Crippen LogP contribution >= 0.6 is 46.3 Å². The highest BCUT2D eigenvalue weighted by Crippen LogP contribution is 2.43. The van der Waals surface area contributed by atoms with E-state index in [2.05, 4.69) is 129 Å². The number of anilines is 5. The maximum atomic E-state index is 12.8. The summed E-state index contributed by atoms with van der Waals surface area (Å²) in [7, 11) is 9.13. The molecule has 0 unspecified atom stereocenters. The highest BCUT2D eigenvalue weighted by Gasteiger charge is 2.34. The predicted molar refractivity (Wildman–Crippen MR) is 446 cm³/mol. The number of piperazine rings is 4. The Morgan fingerprint density at radius 3 is 1.22 bits per heavy atom. The van der Waals surface area contributed by atoms with Crippen LogP contribution in [0.15, 0.2) is 71.6 Å². The van der Waals surface area contributed by atoms with Gasteiger partial charge in [0.1, 0.15) is 23.5 Å². The van der Waals surface area contributed by atoms with Crippen molar-refractivity contribution >= 4 is 108 Å². The number of hydrogen-bond donors (Lipinski definition) is 2. The molecule has 0 aliphatic carbocycles. The standard InChI is InChI=1S/2C18H28N4O3.C17H25ClN4O2.C14H12BrClN5OP.C10H21N3/c2*1-14-12-17(22(23)24)18(25-3)13-16(14)21-6-4-15(5-7-21)20-10-8-19(2)9-11-20;1-13-11-17(22(23)24)15(18)12-16(13)21-5-3-14(4-6-21)20-9-7-19(2)8-10-20;1-23(2,22)12-10(4-3-9-11(12)18-6-5-17-9)20-13-8(15)7-19-14(16)21-13;1-12-6-8-13(9-7-12)10-2-4-11-5-3-10/h2*12-13,15H,4-11H2,1-3H3;11-12,14H,3-10H2,1-2H3;3-7H,1-2H3,(H,19,20,21);10-11H,2-9H2,1H3. The molecule has 0 saturated carbocycles. The number of piperidine rings is 4. The number of methoxy groups -OCH3 is 2. The molecule has 0 radical (unpaired) electrons. The molecule has 6 aromatic rings. The van der Waals surface area contributed by atoms with Gasteiger partial charge in [-0.05, 0) is 189 Å². The maximum Gasteiger partial charge on any atom is 0.311 e. The number of ether oxygens (including phenoxy) is 2. The number of likely N-dealkylation sites (N-methyl/N-ethyl adjacent to an activating group) is 4. The predicted octanol–water partition coefficient (Wildman–Crippen LogP) is 10.8. The van der Waals surface area contributed by atoms with Crippen molar-refractivity contribution in [1.29, 1.82) is 0 Å². The summed E-state index contributed by atoms with van der Waals surface area (Å²) in [6.45, 7) is 36.4. The molecule has 0 bridgehead atoms. The summed E-state index contributed by atoms with van der Waals surface area (Å²) >= 11 is 15.3. The van der Waals surface area contributed by atoms with Crippen LogP contribution < -0.4 is 40.1 Å². The minimum atomic E-state index is -2.62. The smallest absolute Gasteiger partial charge is 0.311 e. The van der Waals surface area contributed by atoms with Gasteiger partial charge in [0.25, 0.3) is 5.69 Å². The van der Waals surface area contributed by atoms with Gasteiger partial charge in [-0.3, -0.25) is 59.9 Å². The molecule has 0 spiro atoms. The van der Waals surface area contributed by atoms with E-state index in [0.29, 0.717) is 61.9 Å². The monoisotopic (exact) mass is 1640 g/mol. The topological polar surface area (TPSA) is 276 Å². The summed E-state index contributed by atoms with van der Waals surface area (Å²) in [5, 5.41) is 40.9. The minimum Gasteiger partial charge on any atom is -0.490 e. The Morgan fingerprint density at radius 2 is 0.855 bits per heavy atom. The molecule has 8 fully saturated rings. The van der Waals surface area contributed by atoms with Crippen LogP contribution in [0.25, 0.3) is 11.0 Å². The zero-order valence-corrected chi connectivity index (χ0v) is 70.1. The van der Waals surface area contributed by atoms with Crippen molar-refractivity contribution in [1.82, 2.24) is 64.5 Å². The van der Waals surface area contributed by atoms with Crippen molar-refractivity contribution in [3.63, 3.8) is 0 Å². The molecule has 14 rings (SSSR count). The quantitative estimate of drug-likeness (QED) is 0.0418. The highest BCUT2D eigenvalue weighted by atomic mass is 79.9. The van der Waals surface area contributed by atoms with Gasteiger partial charge >= 0.3 is 11.4 Å². The second-order valence-corrected chi connectivity index (χ2v) is 35.4. The normalized spacial score (nSPS) is 19.9. The third-order valence-electron chi connectivity index (χ3n) is 22.9. The van der Waals surface area contributed by atoms with Crippen LogP contribution in [0.3, 0.4) is 0 Å². The first-order valence-corrected chi connectivity index (χ1v) is 42.8. The van der Waals surface area contributed by atoms with Crippen molar-refractivity contribution in [2.75, 3.05) is 233 Å². The van der Waals surface area contributed by atoms with Gasteiger partial charge in [0.05, 0.1) is 50.0 Å². The largest absolute Gasteiger partial charge is 0.490 e. The van der Waals surface area contributed by atoms with E-state index in [9.17, 15) is 34.9 Å². The summed E-state index contributed by atoms with van der Waals surface area (Å²) in [4.78, 5) is 75.9. The molecule has 0 atom stereocenters. The fourth-order valence-corrected chi connectivity index (χ4v) is 18.4. The molecule has 8 aliphatic heterocycles. The van der Waals surface area contributed by atoms with Gasteiger partial charge < -0.3 is 59.0 Å². The van der Waals surface area contributed by atoms with Crippen molar-refractivity contribution in [2.24, 2.45) is 0 Å². The second-order valence-electron chi connectivity index (χ2n) is 30.7. The number of benzene rings is 4. The zero-order valence-electron chi connectivity index (χ0n) is 66.1. The van der Waals surface area contributed by atoms with E-state index in [0.717, 1.165) is 196 Å². The van der Waals surface area contributed by atoms with Gasteiger partial charge in [0.15, 0.2) is 11.5 Å². The van der Waals surface area contributed by atoms with Gasteiger partial charge in [-0.15, -0.1) is 0 Å². The first-order chi connectivity index (χ1) is 52.7. The van der Waals surface area contributed by atoms with Crippen LogP contribution in [0.4, 0.5) is 45.6 Å². The average molecular weight is 1650 g/mol. The fourth-order valence-electron chi connectivity index (χ4n) is 16.3. The number of aryl methyl sites for hydroxylation is 3. The third kappa shape index (κ3) is 23.0. The van der Waals surface area contributed by atoms with E-state index in [-0.39, 0.29) is 37.2 Å². The summed E-state index contributed by atoms with van der Waals surface area (Å²) in [5.74, 6) is 1.17. The lowest BCUT2D eigenvalue weighted by Gasteiger charge is -2.42. The van der Waals surface area contributed by atoms with Crippen LogP contribution in [0.1, 0.15) is 68.1 Å². The SMILES string of the molecule is CN1CCN(C2CCNCC2)CC1.COc1cc(N2CCC(N3CCN(C)CC3)CC2)c(C)cc1[N+](=O)[O-].COc1cc(N2CCC(N3CCN(C)CC3)CC2)c(C)cc1[N+](=O)[O-].CP(C)(=O)c1c(Nc2nc(Cl)ncc2Br)ccc2nccnc12.Cc1cc([N+](=O)[O-])c(Cl)cc1N1CCC(N2CCN(C)CC2)CC1. The molecular formula is C77H114BrCl2N20O9P. The number of nitrogens with zero attached hydrogens (tertiary/aromatic N) is 18. The Bertz CT molecular complexity index is 3990. The lowest BCUT2D eigenvalue weighted by Crippen LogP contribution is -2.52. The molecule has 4 aromatic carbocycles. The molecule has 33 heteroatoms. The van der Waals surface area contributed by atoms with Crippen molar-refractivity contribution in [3.05, 3.63) is 129 Å². The fraction of sp³-hybridized carbons (Fsp3) is 0.610. The van der Waals surface area contributed by atoms with Gasteiger partial charge in [0.2, 0.25) is 5.28 Å². The van der Waals surface area contributed by atoms with E-state index in [1.165, 1.54) is 66.3 Å². The molecule has 110 heavy (non-hydrogen) atoms.